The predicted octanol–water partition coefficient (Wildman–Crippen LogP) is 6.65. The third kappa shape index (κ3) is 30.6. The van der Waals surface area contributed by atoms with E-state index in [-0.39, 0.29) is 12.5 Å². The van der Waals surface area contributed by atoms with Gasteiger partial charge < -0.3 is 15.5 Å². The minimum absolute atomic E-state index is 0.244. The number of carbonyl (C=O) groups excluding carboxylic acids is 1. The van der Waals surface area contributed by atoms with Crippen LogP contribution in [0.5, 0.6) is 0 Å². The first-order chi connectivity index (χ1) is 13.6. The molecule has 0 aliphatic carbocycles. The van der Waals surface area contributed by atoms with Gasteiger partial charge in [-0.2, -0.15) is 0 Å². The molecule has 2 atom stereocenters. The molecule has 0 heterocycles. The van der Waals surface area contributed by atoms with Gasteiger partial charge in [0.25, 0.3) is 3.25 Å². The van der Waals surface area contributed by atoms with Gasteiger partial charge in [0.1, 0.15) is 0 Å². The van der Waals surface area contributed by atoms with Crippen LogP contribution in [0.1, 0.15) is 90.9 Å². The van der Waals surface area contributed by atoms with Crippen LogP contribution in [0.15, 0.2) is 12.2 Å². The zero-order valence-corrected chi connectivity index (χ0v) is 20.8. The fraction of sp³-hybridized carbons (Fsp3) is 0.857. The molecule has 0 saturated heterocycles. The Balaban J connectivity index is 0. The Hall–Kier alpha value is 0.290. The van der Waals surface area contributed by atoms with Gasteiger partial charge in [0, 0.05) is 6.92 Å². The van der Waals surface area contributed by atoms with E-state index in [4.69, 9.17) is 51.5 Å². The summed E-state index contributed by atoms with van der Waals surface area (Å²) in [5, 5.41) is 21.5. The number of carbonyl (C=O) groups is 1. The normalized spacial score (nSPS) is 13.7. The molecule has 1 amide bonds. The highest BCUT2D eigenvalue weighted by Crippen LogP contribution is 2.29. The number of aliphatic hydroxyl groups is 2. The van der Waals surface area contributed by atoms with E-state index in [1.165, 1.54) is 71.1 Å². The molecule has 4 nitrogen and oxygen atoms in total. The molecular formula is C21H39Cl4NO3. The fourth-order valence-electron chi connectivity index (χ4n) is 2.80. The van der Waals surface area contributed by atoms with Gasteiger partial charge in [0.15, 0.2) is 0 Å². The smallest absolute Gasteiger partial charge is 0.266 e. The van der Waals surface area contributed by atoms with Crippen molar-refractivity contribution in [3.05, 3.63) is 12.2 Å². The molecule has 0 radical (unpaired) electrons. The van der Waals surface area contributed by atoms with Gasteiger partial charge in [-0.15, -0.1) is 0 Å². The SMILES string of the molecule is CCCCCCCCCCCCC/C=C/[C@@H](O)[C@H](CO)NC(C)=O.ClC(Cl)(Cl)Cl. The van der Waals surface area contributed by atoms with Crippen molar-refractivity contribution in [1.82, 2.24) is 5.32 Å². The summed E-state index contributed by atoms with van der Waals surface area (Å²) in [6, 6.07) is -0.615. The molecule has 0 rings (SSSR count). The van der Waals surface area contributed by atoms with Crippen LogP contribution in [-0.4, -0.2) is 38.1 Å². The number of unbranched alkanes of at least 4 members (excludes halogenated alkanes) is 11. The highest BCUT2D eigenvalue weighted by Gasteiger charge is 2.16. The van der Waals surface area contributed by atoms with E-state index in [2.05, 4.69) is 12.2 Å². The van der Waals surface area contributed by atoms with Crippen molar-refractivity contribution in [3.63, 3.8) is 0 Å². The number of allylic oxidation sites excluding steroid dienone is 1. The zero-order chi connectivity index (χ0) is 22.5. The van der Waals surface area contributed by atoms with Crippen molar-refractivity contribution in [3.8, 4) is 0 Å². The van der Waals surface area contributed by atoms with Crippen molar-refractivity contribution in [2.24, 2.45) is 0 Å². The summed E-state index contributed by atoms with van der Waals surface area (Å²) < 4.78 is -1.61. The van der Waals surface area contributed by atoms with Gasteiger partial charge in [-0.05, 0) is 12.8 Å². The van der Waals surface area contributed by atoms with E-state index >= 15 is 0 Å². The molecule has 0 aromatic heterocycles. The Morgan fingerprint density at radius 3 is 1.72 bits per heavy atom. The molecule has 0 fully saturated rings. The highest BCUT2D eigenvalue weighted by molar-refractivity contribution is 6.83. The molecule has 29 heavy (non-hydrogen) atoms. The quantitative estimate of drug-likeness (QED) is 0.128. The zero-order valence-electron chi connectivity index (χ0n) is 17.8. The lowest BCUT2D eigenvalue weighted by molar-refractivity contribution is -0.120. The maximum Gasteiger partial charge on any atom is 0.266 e. The summed E-state index contributed by atoms with van der Waals surface area (Å²) in [6.07, 6.45) is 18.3. The fourth-order valence-corrected chi connectivity index (χ4v) is 2.80. The third-order valence-electron chi connectivity index (χ3n) is 4.31. The lowest BCUT2D eigenvalue weighted by Gasteiger charge is -2.18. The highest BCUT2D eigenvalue weighted by atomic mass is 35.6. The van der Waals surface area contributed by atoms with Crippen LogP contribution in [0.25, 0.3) is 0 Å². The van der Waals surface area contributed by atoms with Gasteiger partial charge in [0.2, 0.25) is 5.91 Å². The summed E-state index contributed by atoms with van der Waals surface area (Å²) in [6.45, 7) is 3.37. The molecule has 0 aromatic carbocycles. The van der Waals surface area contributed by atoms with E-state index in [0.717, 1.165) is 12.8 Å². The lowest BCUT2D eigenvalue weighted by atomic mass is 10.0. The molecule has 8 heteroatoms. The molecule has 0 bridgehead atoms. The van der Waals surface area contributed by atoms with Crippen LogP contribution < -0.4 is 5.32 Å². The Kier molecular flexibility index (Phi) is 23.4. The molecule has 0 unspecified atom stereocenters. The largest absolute Gasteiger partial charge is 0.394 e. The molecular weight excluding hydrogens is 456 g/mol. The number of amides is 1. The summed E-state index contributed by atoms with van der Waals surface area (Å²) in [7, 11) is 0. The van der Waals surface area contributed by atoms with Gasteiger partial charge in [0.05, 0.1) is 18.8 Å². The lowest BCUT2D eigenvalue weighted by Crippen LogP contribution is -2.44. The van der Waals surface area contributed by atoms with Crippen LogP contribution in [0, 0.1) is 0 Å². The van der Waals surface area contributed by atoms with Gasteiger partial charge >= 0.3 is 0 Å². The number of rotatable bonds is 16. The standard InChI is InChI=1S/C20H39NO3.CCl4/c1-3-4-5-6-7-8-9-10-11-12-13-14-15-16-20(24)19(17-22)21-18(2)23;2-1(3,4)5/h15-16,19-20,22,24H,3-14,17H2,1-2H3,(H,21,23);/b16-15+;/t19-,20+;/m0./s1. The minimum atomic E-state index is -1.61. The van der Waals surface area contributed by atoms with Gasteiger partial charge in [-0.25, -0.2) is 0 Å². The summed E-state index contributed by atoms with van der Waals surface area (Å²) in [4.78, 5) is 10.9. The van der Waals surface area contributed by atoms with Gasteiger partial charge in [-0.3, -0.25) is 4.79 Å². The topological polar surface area (TPSA) is 69.6 Å². The second-order valence-electron chi connectivity index (χ2n) is 7.16. The van der Waals surface area contributed by atoms with E-state index in [1.54, 1.807) is 6.08 Å². The number of halogens is 4. The number of hydrogen-bond donors (Lipinski definition) is 3. The van der Waals surface area contributed by atoms with Crippen LogP contribution in [0.4, 0.5) is 0 Å². The maximum absolute atomic E-state index is 10.9. The van der Waals surface area contributed by atoms with Crippen molar-refractivity contribution < 1.29 is 15.0 Å². The minimum Gasteiger partial charge on any atom is -0.394 e. The number of nitrogens with one attached hydrogen (secondary N) is 1. The third-order valence-corrected chi connectivity index (χ3v) is 4.31. The van der Waals surface area contributed by atoms with Crippen molar-refractivity contribution >= 4 is 52.3 Å². The average molecular weight is 495 g/mol. The monoisotopic (exact) mass is 493 g/mol. The maximum atomic E-state index is 10.9. The number of alkyl halides is 4. The second-order valence-corrected chi connectivity index (χ2v) is 10.6. The number of hydrogen-bond acceptors (Lipinski definition) is 3. The van der Waals surface area contributed by atoms with E-state index in [9.17, 15) is 9.90 Å². The molecule has 0 aliphatic heterocycles. The Morgan fingerprint density at radius 1 is 0.931 bits per heavy atom. The van der Waals surface area contributed by atoms with E-state index in [1.807, 2.05) is 6.08 Å². The van der Waals surface area contributed by atoms with Crippen LogP contribution in [-0.2, 0) is 4.79 Å². The number of aliphatic hydroxyl groups excluding tert-OH is 2. The van der Waals surface area contributed by atoms with Crippen molar-refractivity contribution in [2.45, 2.75) is 106 Å². The van der Waals surface area contributed by atoms with Crippen LogP contribution in [0.3, 0.4) is 0 Å². The van der Waals surface area contributed by atoms with Crippen LogP contribution >= 0.6 is 46.4 Å². The summed E-state index contributed by atoms with van der Waals surface area (Å²) in [5.74, 6) is -0.244. The van der Waals surface area contributed by atoms with E-state index < -0.39 is 15.4 Å². The Bertz CT molecular complexity index is 398. The van der Waals surface area contributed by atoms with Crippen molar-refractivity contribution in [1.29, 1.82) is 0 Å². The Labute approximate surface area is 197 Å². The van der Waals surface area contributed by atoms with E-state index in [0.29, 0.717) is 0 Å². The van der Waals surface area contributed by atoms with Crippen molar-refractivity contribution in [2.75, 3.05) is 6.61 Å². The van der Waals surface area contributed by atoms with Crippen LogP contribution in [0.2, 0.25) is 0 Å². The molecule has 0 aromatic rings. The summed E-state index contributed by atoms with van der Waals surface area (Å²) >= 11 is 19.3. The molecule has 0 aliphatic rings. The predicted molar refractivity (Wildman–Crippen MR) is 127 cm³/mol. The summed E-state index contributed by atoms with van der Waals surface area (Å²) in [5.41, 5.74) is 0. The second kappa shape index (κ2) is 21.5. The first-order valence-electron chi connectivity index (χ1n) is 10.6. The molecule has 0 saturated carbocycles. The van der Waals surface area contributed by atoms with Gasteiger partial charge in [-0.1, -0.05) is 130 Å². The first-order valence-corrected chi connectivity index (χ1v) is 12.1. The first kappa shape index (κ1) is 31.5. The Morgan fingerprint density at radius 2 is 1.34 bits per heavy atom. The molecule has 0 spiro atoms. The molecule has 3 N–H and O–H groups in total. The average Bonchev–Trinajstić information content (AvgIpc) is 2.61. The molecule has 174 valence electrons.